The van der Waals surface area contributed by atoms with Crippen LogP contribution in [0, 0.1) is 5.82 Å². The molecule has 2 aromatic heterocycles. The maximum Gasteiger partial charge on any atom is 0.230 e. The van der Waals surface area contributed by atoms with Crippen molar-refractivity contribution in [3.8, 4) is 17.1 Å². The van der Waals surface area contributed by atoms with Gasteiger partial charge in [-0.1, -0.05) is 6.07 Å². The zero-order valence-electron chi connectivity index (χ0n) is 13.6. The van der Waals surface area contributed by atoms with E-state index in [-0.39, 0.29) is 25.7 Å². The summed E-state index contributed by atoms with van der Waals surface area (Å²) in [4.78, 5) is 20.9. The van der Waals surface area contributed by atoms with Crippen molar-refractivity contribution in [2.75, 3.05) is 12.1 Å². The van der Waals surface area contributed by atoms with E-state index in [0.29, 0.717) is 27.7 Å². The molecule has 0 saturated carbocycles. The lowest BCUT2D eigenvalue weighted by atomic mass is 10.1. The van der Waals surface area contributed by atoms with Gasteiger partial charge >= 0.3 is 0 Å². The Kier molecular flexibility index (Phi) is 4.59. The summed E-state index contributed by atoms with van der Waals surface area (Å²) in [7, 11) is 0. The fourth-order valence-electron chi connectivity index (χ4n) is 2.69. The minimum absolute atomic E-state index is 0.0153. The largest absolute Gasteiger partial charge is 0.467 e. The molecule has 1 aromatic carbocycles. The molecule has 0 atom stereocenters. The molecule has 0 spiro atoms. The topological polar surface area (TPSA) is 73.3 Å². The number of ether oxygens (including phenoxy) is 2. The first kappa shape index (κ1) is 16.6. The summed E-state index contributed by atoms with van der Waals surface area (Å²) in [5.41, 5.74) is 2.51. The summed E-state index contributed by atoms with van der Waals surface area (Å²) in [5, 5.41) is 5.02. The van der Waals surface area contributed by atoms with Gasteiger partial charge in [-0.15, -0.1) is 11.3 Å². The molecule has 1 N–H and O–H groups in total. The maximum absolute atomic E-state index is 13.8. The highest BCUT2D eigenvalue weighted by atomic mass is 32.1. The number of aromatic nitrogens is 2. The van der Waals surface area contributed by atoms with Gasteiger partial charge in [0.2, 0.25) is 5.91 Å². The Hall–Kier alpha value is -2.84. The zero-order chi connectivity index (χ0) is 17.9. The van der Waals surface area contributed by atoms with E-state index in [9.17, 15) is 9.18 Å². The summed E-state index contributed by atoms with van der Waals surface area (Å²) < 4.78 is 24.3. The summed E-state index contributed by atoms with van der Waals surface area (Å²) in [6, 6.07) is 8.21. The van der Waals surface area contributed by atoms with Crippen LogP contribution in [0.1, 0.15) is 11.1 Å². The van der Waals surface area contributed by atoms with Crippen molar-refractivity contribution in [3.63, 3.8) is 0 Å². The van der Waals surface area contributed by atoms with Gasteiger partial charge in [0, 0.05) is 22.7 Å². The van der Waals surface area contributed by atoms with Gasteiger partial charge < -0.3 is 14.8 Å². The quantitative estimate of drug-likeness (QED) is 0.761. The van der Waals surface area contributed by atoms with Crippen molar-refractivity contribution in [2.24, 2.45) is 0 Å². The molecule has 0 saturated heterocycles. The van der Waals surface area contributed by atoms with Gasteiger partial charge in [-0.2, -0.15) is 0 Å². The molecule has 1 aliphatic rings. The number of nitrogens with zero attached hydrogens (tertiary/aromatic N) is 2. The SMILES string of the molecule is O=C(Cc1cc(F)cc2c1OCOC2)Nc1nc(-c2ccccn2)cs1. The van der Waals surface area contributed by atoms with E-state index in [0.717, 1.165) is 5.69 Å². The Morgan fingerprint density at radius 1 is 1.31 bits per heavy atom. The molecule has 3 heterocycles. The van der Waals surface area contributed by atoms with Crippen LogP contribution in [0.5, 0.6) is 5.75 Å². The standard InChI is InChI=1S/C18H14FN3O3S/c19-13-5-11(17-12(6-13)8-24-10-25-17)7-16(23)22-18-21-15(9-26-18)14-3-1-2-4-20-14/h1-6,9H,7-8,10H2,(H,21,22,23). The number of benzene rings is 1. The van der Waals surface area contributed by atoms with Crippen LogP contribution in [-0.4, -0.2) is 22.7 Å². The lowest BCUT2D eigenvalue weighted by Gasteiger charge is -2.20. The van der Waals surface area contributed by atoms with Crippen LogP contribution >= 0.6 is 11.3 Å². The number of halogens is 1. The number of hydrogen-bond acceptors (Lipinski definition) is 6. The third kappa shape index (κ3) is 3.56. The van der Waals surface area contributed by atoms with E-state index in [2.05, 4.69) is 15.3 Å². The van der Waals surface area contributed by atoms with E-state index in [4.69, 9.17) is 9.47 Å². The highest BCUT2D eigenvalue weighted by Gasteiger charge is 2.19. The van der Waals surface area contributed by atoms with Gasteiger partial charge in [-0.25, -0.2) is 9.37 Å². The number of hydrogen-bond donors (Lipinski definition) is 1. The van der Waals surface area contributed by atoms with Crippen molar-refractivity contribution >= 4 is 22.4 Å². The second-order valence-corrected chi connectivity index (χ2v) is 6.50. The van der Waals surface area contributed by atoms with E-state index in [1.165, 1.54) is 23.5 Å². The van der Waals surface area contributed by atoms with E-state index in [1.54, 1.807) is 6.20 Å². The molecule has 0 unspecified atom stereocenters. The molecule has 4 rings (SSSR count). The fraction of sp³-hybridized carbons (Fsp3) is 0.167. The lowest BCUT2D eigenvalue weighted by Crippen LogP contribution is -2.18. The number of pyridine rings is 1. The Morgan fingerprint density at radius 2 is 2.23 bits per heavy atom. The van der Waals surface area contributed by atoms with Gasteiger partial charge in [0.15, 0.2) is 11.9 Å². The van der Waals surface area contributed by atoms with Crippen molar-refractivity contribution < 1.29 is 18.7 Å². The molecule has 1 aliphatic heterocycles. The predicted octanol–water partition coefficient (Wildman–Crippen LogP) is 3.39. The Balaban J connectivity index is 1.48. The molecule has 0 radical (unpaired) electrons. The average molecular weight is 371 g/mol. The smallest absolute Gasteiger partial charge is 0.230 e. The second-order valence-electron chi connectivity index (χ2n) is 5.64. The first-order valence-electron chi connectivity index (χ1n) is 7.87. The Labute approximate surface area is 152 Å². The minimum Gasteiger partial charge on any atom is -0.467 e. The zero-order valence-corrected chi connectivity index (χ0v) is 14.4. The Morgan fingerprint density at radius 3 is 3.08 bits per heavy atom. The maximum atomic E-state index is 13.8. The van der Waals surface area contributed by atoms with Crippen molar-refractivity contribution in [3.05, 3.63) is 58.9 Å². The van der Waals surface area contributed by atoms with E-state index < -0.39 is 5.82 Å². The first-order valence-corrected chi connectivity index (χ1v) is 8.75. The normalized spacial score (nSPS) is 13.0. The summed E-state index contributed by atoms with van der Waals surface area (Å²) >= 11 is 1.31. The van der Waals surface area contributed by atoms with Crippen LogP contribution in [-0.2, 0) is 22.6 Å². The summed E-state index contributed by atoms with van der Waals surface area (Å²) in [6.07, 6.45) is 1.67. The molecule has 3 aromatic rings. The molecule has 6 nitrogen and oxygen atoms in total. The van der Waals surface area contributed by atoms with E-state index >= 15 is 0 Å². The number of rotatable bonds is 4. The van der Waals surface area contributed by atoms with Crippen LogP contribution in [0.4, 0.5) is 9.52 Å². The average Bonchev–Trinajstić information content (AvgIpc) is 3.10. The molecule has 26 heavy (non-hydrogen) atoms. The van der Waals surface area contributed by atoms with Crippen LogP contribution < -0.4 is 10.1 Å². The molecule has 0 bridgehead atoms. The van der Waals surface area contributed by atoms with Crippen molar-refractivity contribution in [1.29, 1.82) is 0 Å². The second kappa shape index (κ2) is 7.19. The molecule has 0 aliphatic carbocycles. The van der Waals surface area contributed by atoms with Crippen molar-refractivity contribution in [2.45, 2.75) is 13.0 Å². The van der Waals surface area contributed by atoms with Gasteiger partial charge in [0.1, 0.15) is 17.3 Å². The number of fused-ring (bicyclic) bond motifs is 1. The number of thiazole rings is 1. The lowest BCUT2D eigenvalue weighted by molar-refractivity contribution is -0.115. The molecular weight excluding hydrogens is 357 g/mol. The minimum atomic E-state index is -0.424. The van der Waals surface area contributed by atoms with Gasteiger partial charge in [-0.3, -0.25) is 9.78 Å². The number of carbonyl (C=O) groups excluding carboxylic acids is 1. The van der Waals surface area contributed by atoms with Crippen LogP contribution in [0.25, 0.3) is 11.4 Å². The van der Waals surface area contributed by atoms with Crippen LogP contribution in [0.2, 0.25) is 0 Å². The fourth-order valence-corrected chi connectivity index (χ4v) is 3.41. The Bertz CT molecular complexity index is 946. The molecule has 8 heteroatoms. The third-order valence-electron chi connectivity index (χ3n) is 3.78. The first-order chi connectivity index (χ1) is 12.7. The summed E-state index contributed by atoms with van der Waals surface area (Å²) in [6.45, 7) is 0.356. The predicted molar refractivity (Wildman–Crippen MR) is 94.4 cm³/mol. The van der Waals surface area contributed by atoms with Gasteiger partial charge in [-0.05, 0) is 24.3 Å². The van der Waals surface area contributed by atoms with Gasteiger partial charge in [0.05, 0.1) is 18.7 Å². The number of nitrogens with one attached hydrogen (secondary N) is 1. The van der Waals surface area contributed by atoms with Crippen LogP contribution in [0.3, 0.4) is 0 Å². The number of amides is 1. The van der Waals surface area contributed by atoms with Gasteiger partial charge in [0.25, 0.3) is 0 Å². The number of anilines is 1. The van der Waals surface area contributed by atoms with Crippen LogP contribution in [0.15, 0.2) is 41.9 Å². The monoisotopic (exact) mass is 371 g/mol. The van der Waals surface area contributed by atoms with Crippen molar-refractivity contribution in [1.82, 2.24) is 9.97 Å². The number of carbonyl (C=O) groups is 1. The highest BCUT2D eigenvalue weighted by molar-refractivity contribution is 7.14. The molecule has 132 valence electrons. The molecular formula is C18H14FN3O3S. The third-order valence-corrected chi connectivity index (χ3v) is 4.54. The highest BCUT2D eigenvalue weighted by Crippen LogP contribution is 2.30. The van der Waals surface area contributed by atoms with E-state index in [1.807, 2.05) is 23.6 Å². The molecule has 1 amide bonds. The molecule has 0 fully saturated rings. The summed E-state index contributed by atoms with van der Waals surface area (Å²) in [5.74, 6) is -0.205.